The summed E-state index contributed by atoms with van der Waals surface area (Å²) in [5.41, 5.74) is -1.04. The molecule has 3 nitrogen and oxygen atoms in total. The van der Waals surface area contributed by atoms with Crippen molar-refractivity contribution in [2.75, 3.05) is 7.05 Å². The lowest BCUT2D eigenvalue weighted by Crippen LogP contribution is -2.59. The van der Waals surface area contributed by atoms with Crippen molar-refractivity contribution < 1.29 is 9.90 Å². The molecule has 1 N–H and O–H groups in total. The van der Waals surface area contributed by atoms with Crippen LogP contribution in [0.2, 0.25) is 0 Å². The third-order valence-electron chi connectivity index (χ3n) is 5.87. The molecule has 0 aliphatic rings. The molecule has 0 heterocycles. The van der Waals surface area contributed by atoms with Crippen LogP contribution < -0.4 is 0 Å². The third-order valence-corrected chi connectivity index (χ3v) is 6.30. The van der Waals surface area contributed by atoms with Crippen molar-refractivity contribution in [3.05, 3.63) is 12.3 Å². The van der Waals surface area contributed by atoms with Crippen LogP contribution in [0.5, 0.6) is 0 Å². The predicted molar refractivity (Wildman–Crippen MR) is 122 cm³/mol. The summed E-state index contributed by atoms with van der Waals surface area (Å²) in [6.45, 7) is 7.69. The average molecular weight is 400 g/mol. The standard InChI is InChI=1S/C23H45NO2S/c1-6-7-8-9-10-11-12-13-14-15-16-17-18-19-20-24(5)23(4,21(25)26)22(2,3)27/h19-20,27H,6-18H2,1-5H3,(H,25,26)/t23-/m1/s1. The van der Waals surface area contributed by atoms with E-state index in [1.54, 1.807) is 11.8 Å². The van der Waals surface area contributed by atoms with Crippen LogP contribution >= 0.6 is 12.6 Å². The second kappa shape index (κ2) is 14.4. The van der Waals surface area contributed by atoms with Gasteiger partial charge in [-0.2, -0.15) is 12.6 Å². The fraction of sp³-hybridized carbons (Fsp3) is 0.870. The maximum Gasteiger partial charge on any atom is 0.330 e. The number of nitrogens with zero attached hydrogens (tertiary/aromatic N) is 1. The van der Waals surface area contributed by atoms with Gasteiger partial charge >= 0.3 is 5.97 Å². The largest absolute Gasteiger partial charge is 0.479 e. The monoisotopic (exact) mass is 399 g/mol. The number of allylic oxidation sites excluding steroid dienone is 1. The summed E-state index contributed by atoms with van der Waals surface area (Å²) in [5.74, 6) is -0.847. The molecular formula is C23H45NO2S. The third kappa shape index (κ3) is 10.5. The molecule has 0 aromatic carbocycles. The van der Waals surface area contributed by atoms with Crippen LogP contribution in [0.4, 0.5) is 0 Å². The number of likely N-dealkylation sites (N-methyl/N-ethyl adjacent to an activating group) is 1. The van der Waals surface area contributed by atoms with Crippen LogP contribution in [0.15, 0.2) is 12.3 Å². The summed E-state index contributed by atoms with van der Waals surface area (Å²) in [7, 11) is 1.82. The Hall–Kier alpha value is -0.640. The van der Waals surface area contributed by atoms with E-state index in [0.29, 0.717) is 0 Å². The van der Waals surface area contributed by atoms with E-state index < -0.39 is 16.3 Å². The van der Waals surface area contributed by atoms with Gasteiger partial charge in [-0.05, 0) is 39.8 Å². The van der Waals surface area contributed by atoms with Gasteiger partial charge in [-0.1, -0.05) is 83.6 Å². The SMILES string of the molecule is CCCCCCCCCCCCCCC=CN(C)[C@](C)(C(=O)O)C(C)(C)S. The summed E-state index contributed by atoms with van der Waals surface area (Å²) in [6.07, 6.45) is 21.3. The van der Waals surface area contributed by atoms with Gasteiger partial charge in [0.2, 0.25) is 0 Å². The molecule has 1 atom stereocenters. The molecule has 160 valence electrons. The Kier molecular flexibility index (Phi) is 14.0. The van der Waals surface area contributed by atoms with Crippen molar-refractivity contribution in [1.82, 2.24) is 4.90 Å². The number of carboxylic acids is 1. The summed E-state index contributed by atoms with van der Waals surface area (Å²) in [6, 6.07) is 0. The number of hydrogen-bond donors (Lipinski definition) is 2. The molecule has 0 aromatic heterocycles. The van der Waals surface area contributed by atoms with E-state index in [0.717, 1.165) is 6.42 Å². The first kappa shape index (κ1) is 26.4. The minimum absolute atomic E-state index is 0.645. The molecule has 0 unspecified atom stereocenters. The van der Waals surface area contributed by atoms with E-state index in [2.05, 4.69) is 25.6 Å². The molecule has 0 aliphatic carbocycles. The van der Waals surface area contributed by atoms with Gasteiger partial charge in [0.25, 0.3) is 0 Å². The van der Waals surface area contributed by atoms with E-state index in [1.807, 2.05) is 27.1 Å². The maximum atomic E-state index is 11.7. The lowest BCUT2D eigenvalue weighted by Gasteiger charge is -2.43. The molecule has 0 saturated carbocycles. The summed E-state index contributed by atoms with van der Waals surface area (Å²) in [4.78, 5) is 13.5. The summed E-state index contributed by atoms with van der Waals surface area (Å²) < 4.78 is -0.645. The van der Waals surface area contributed by atoms with Crippen molar-refractivity contribution in [1.29, 1.82) is 0 Å². The van der Waals surface area contributed by atoms with Crippen molar-refractivity contribution in [2.45, 2.75) is 121 Å². The van der Waals surface area contributed by atoms with E-state index >= 15 is 0 Å². The van der Waals surface area contributed by atoms with Gasteiger partial charge in [-0.15, -0.1) is 0 Å². The first-order valence-electron chi connectivity index (χ1n) is 11.0. The first-order chi connectivity index (χ1) is 12.7. The molecular weight excluding hydrogens is 354 g/mol. The smallest absolute Gasteiger partial charge is 0.330 e. The molecule has 0 amide bonds. The molecule has 0 fully saturated rings. The van der Waals surface area contributed by atoms with Crippen LogP contribution in [0.1, 0.15) is 111 Å². The quantitative estimate of drug-likeness (QED) is 0.203. The van der Waals surface area contributed by atoms with Crippen molar-refractivity contribution in [3.63, 3.8) is 0 Å². The average Bonchev–Trinajstić information content (AvgIpc) is 2.59. The number of carbonyl (C=O) groups is 1. The fourth-order valence-corrected chi connectivity index (χ4v) is 3.58. The van der Waals surface area contributed by atoms with E-state index in [9.17, 15) is 9.90 Å². The zero-order valence-corrected chi connectivity index (χ0v) is 19.5. The highest BCUT2D eigenvalue weighted by Gasteiger charge is 2.48. The Bertz CT molecular complexity index is 417. The Morgan fingerprint density at radius 3 is 1.67 bits per heavy atom. The first-order valence-corrected chi connectivity index (χ1v) is 11.5. The number of aliphatic carboxylic acids is 1. The Balaban J connectivity index is 3.79. The number of carboxylic acid groups (broad SMARTS) is 1. The van der Waals surface area contributed by atoms with Gasteiger partial charge in [0.15, 0.2) is 0 Å². The normalized spacial score (nSPS) is 14.4. The van der Waals surface area contributed by atoms with E-state index in [4.69, 9.17) is 0 Å². The molecule has 0 radical (unpaired) electrons. The van der Waals surface area contributed by atoms with Gasteiger partial charge in [0.05, 0.1) is 0 Å². The minimum atomic E-state index is -1.04. The Morgan fingerprint density at radius 2 is 1.30 bits per heavy atom. The van der Waals surface area contributed by atoms with Gasteiger partial charge in [-0.25, -0.2) is 4.79 Å². The molecule has 0 aromatic rings. The second-order valence-corrected chi connectivity index (χ2v) is 9.73. The van der Waals surface area contributed by atoms with Gasteiger partial charge in [0, 0.05) is 11.8 Å². The second-order valence-electron chi connectivity index (χ2n) is 8.61. The maximum absolute atomic E-state index is 11.7. The molecule has 0 aliphatic heterocycles. The van der Waals surface area contributed by atoms with Crippen molar-refractivity contribution >= 4 is 18.6 Å². The highest BCUT2D eigenvalue weighted by Crippen LogP contribution is 2.33. The Morgan fingerprint density at radius 1 is 0.889 bits per heavy atom. The van der Waals surface area contributed by atoms with Crippen LogP contribution in [0.3, 0.4) is 0 Å². The van der Waals surface area contributed by atoms with E-state index in [1.165, 1.54) is 77.0 Å². The van der Waals surface area contributed by atoms with Gasteiger partial charge in [-0.3, -0.25) is 0 Å². The number of thiol groups is 1. The fourth-order valence-electron chi connectivity index (χ4n) is 3.33. The molecule has 0 bridgehead atoms. The van der Waals surface area contributed by atoms with Crippen molar-refractivity contribution in [2.24, 2.45) is 0 Å². The van der Waals surface area contributed by atoms with Crippen LogP contribution in [-0.4, -0.2) is 33.3 Å². The van der Waals surface area contributed by atoms with E-state index in [-0.39, 0.29) is 0 Å². The van der Waals surface area contributed by atoms with Crippen LogP contribution in [0.25, 0.3) is 0 Å². The molecule has 0 rings (SSSR count). The van der Waals surface area contributed by atoms with Gasteiger partial charge < -0.3 is 10.0 Å². The zero-order valence-electron chi connectivity index (χ0n) is 18.6. The summed E-state index contributed by atoms with van der Waals surface area (Å²) >= 11 is 4.50. The van der Waals surface area contributed by atoms with Gasteiger partial charge in [0.1, 0.15) is 5.54 Å². The lowest BCUT2D eigenvalue weighted by molar-refractivity contribution is -0.149. The van der Waals surface area contributed by atoms with Crippen LogP contribution in [-0.2, 0) is 4.79 Å². The zero-order chi connectivity index (χ0) is 20.8. The number of hydrogen-bond acceptors (Lipinski definition) is 3. The highest BCUT2D eigenvalue weighted by molar-refractivity contribution is 7.81. The molecule has 0 saturated heterocycles. The molecule has 27 heavy (non-hydrogen) atoms. The molecule has 0 spiro atoms. The number of unbranched alkanes of at least 4 members (excludes halogenated alkanes) is 12. The Labute approximate surface area is 174 Å². The lowest BCUT2D eigenvalue weighted by atomic mass is 9.86. The number of rotatable bonds is 17. The highest BCUT2D eigenvalue weighted by atomic mass is 32.1. The summed E-state index contributed by atoms with van der Waals surface area (Å²) in [5, 5.41) is 9.63. The van der Waals surface area contributed by atoms with Crippen molar-refractivity contribution in [3.8, 4) is 0 Å². The minimum Gasteiger partial charge on any atom is -0.479 e. The predicted octanol–water partition coefficient (Wildman–Crippen LogP) is 7.07. The topological polar surface area (TPSA) is 40.5 Å². The molecule has 4 heteroatoms. The van der Waals surface area contributed by atoms with Crippen LogP contribution in [0, 0.1) is 0 Å².